The zero-order chi connectivity index (χ0) is 23.5. The normalized spacial score (nSPS) is 16.2. The molecule has 6 heteroatoms. The van der Waals surface area contributed by atoms with Crippen LogP contribution in [0.1, 0.15) is 37.9 Å². The van der Waals surface area contributed by atoms with Crippen LogP contribution in [0, 0.1) is 0 Å². The first-order valence-electron chi connectivity index (χ1n) is 11.0. The summed E-state index contributed by atoms with van der Waals surface area (Å²) in [6, 6.07) is 20.4. The number of carbonyl (C=O) groups excluding carboxylic acids is 2. The van der Waals surface area contributed by atoms with E-state index in [9.17, 15) is 9.59 Å². The molecule has 170 valence electrons. The van der Waals surface area contributed by atoms with Crippen molar-refractivity contribution in [2.45, 2.75) is 39.5 Å². The summed E-state index contributed by atoms with van der Waals surface area (Å²) in [5.41, 5.74) is 2.66. The molecule has 1 atom stereocenters. The van der Waals surface area contributed by atoms with Crippen LogP contribution in [0.3, 0.4) is 0 Å². The van der Waals surface area contributed by atoms with Crippen LogP contribution in [-0.4, -0.2) is 30.1 Å². The van der Waals surface area contributed by atoms with Gasteiger partial charge in [-0.2, -0.15) is 0 Å². The third kappa shape index (κ3) is 4.42. The Morgan fingerprint density at radius 2 is 1.73 bits per heavy atom. The minimum Gasteiger partial charge on any atom is -0.496 e. The maximum absolute atomic E-state index is 13.3. The fourth-order valence-electron chi connectivity index (χ4n) is 4.25. The fourth-order valence-corrected chi connectivity index (χ4v) is 4.25. The van der Waals surface area contributed by atoms with Gasteiger partial charge in [-0.15, -0.1) is 0 Å². The Bertz CT molecular complexity index is 1220. The summed E-state index contributed by atoms with van der Waals surface area (Å²) in [7, 11) is 1.59. The monoisotopic (exact) mass is 444 g/mol. The third-order valence-electron chi connectivity index (χ3n) is 5.78. The molecule has 0 spiro atoms. The zero-order valence-corrected chi connectivity index (χ0v) is 19.3. The molecule has 6 nitrogen and oxygen atoms in total. The van der Waals surface area contributed by atoms with Gasteiger partial charge in [-0.3, -0.25) is 4.90 Å². The topological polar surface area (TPSA) is 67.9 Å². The summed E-state index contributed by atoms with van der Waals surface area (Å²) in [6.45, 7) is 5.76. The lowest BCUT2D eigenvalue weighted by molar-refractivity contribution is -0.143. The molecular formula is C27H28N2O4. The fraction of sp³-hybridized carbons (Fsp3) is 0.259. The molecule has 33 heavy (non-hydrogen) atoms. The number of rotatable bonds is 6. The number of esters is 1. The van der Waals surface area contributed by atoms with Crippen LogP contribution in [0.25, 0.3) is 10.8 Å². The summed E-state index contributed by atoms with van der Waals surface area (Å²) >= 11 is 0. The van der Waals surface area contributed by atoms with Crippen molar-refractivity contribution >= 4 is 22.8 Å². The number of hydrogen-bond acceptors (Lipinski definition) is 4. The Hall–Kier alpha value is -3.80. The summed E-state index contributed by atoms with van der Waals surface area (Å²) in [4.78, 5) is 28.2. The number of nitrogens with zero attached hydrogens (tertiary/aromatic N) is 1. The second-order valence-electron chi connectivity index (χ2n) is 8.31. The highest BCUT2D eigenvalue weighted by molar-refractivity contribution is 5.98. The number of methoxy groups -OCH3 is 1. The second-order valence-corrected chi connectivity index (χ2v) is 8.31. The first kappa shape index (κ1) is 22.4. The van der Waals surface area contributed by atoms with E-state index in [4.69, 9.17) is 9.47 Å². The van der Waals surface area contributed by atoms with Crippen molar-refractivity contribution in [1.82, 2.24) is 10.2 Å². The van der Waals surface area contributed by atoms with Crippen LogP contribution in [-0.2, 0) is 16.1 Å². The molecule has 2 amide bonds. The smallest absolute Gasteiger partial charge is 0.338 e. The van der Waals surface area contributed by atoms with E-state index >= 15 is 0 Å². The molecule has 0 saturated carbocycles. The van der Waals surface area contributed by atoms with Gasteiger partial charge in [-0.25, -0.2) is 9.59 Å². The number of carbonyl (C=O) groups is 2. The van der Waals surface area contributed by atoms with Crippen molar-refractivity contribution in [1.29, 1.82) is 0 Å². The van der Waals surface area contributed by atoms with Crippen molar-refractivity contribution in [2.24, 2.45) is 0 Å². The van der Waals surface area contributed by atoms with Gasteiger partial charge in [0, 0.05) is 11.3 Å². The minimum atomic E-state index is -0.711. The largest absolute Gasteiger partial charge is 0.496 e. The summed E-state index contributed by atoms with van der Waals surface area (Å²) in [6.07, 6.45) is -0.298. The van der Waals surface area contributed by atoms with E-state index in [0.29, 0.717) is 23.6 Å². The van der Waals surface area contributed by atoms with Gasteiger partial charge in [0.05, 0.1) is 31.4 Å². The van der Waals surface area contributed by atoms with E-state index in [0.717, 1.165) is 21.9 Å². The van der Waals surface area contributed by atoms with E-state index in [1.165, 1.54) is 0 Å². The maximum Gasteiger partial charge on any atom is 0.338 e. The second kappa shape index (κ2) is 9.36. The summed E-state index contributed by atoms with van der Waals surface area (Å²) < 4.78 is 11.3. The zero-order valence-electron chi connectivity index (χ0n) is 19.3. The summed E-state index contributed by atoms with van der Waals surface area (Å²) in [5.74, 6) is 0.138. The molecule has 4 rings (SSSR count). The van der Waals surface area contributed by atoms with E-state index in [-0.39, 0.29) is 12.1 Å². The van der Waals surface area contributed by atoms with Gasteiger partial charge in [0.1, 0.15) is 5.75 Å². The Labute approximate surface area is 193 Å². The lowest BCUT2D eigenvalue weighted by atomic mass is 9.90. The molecule has 0 aliphatic carbocycles. The average molecular weight is 445 g/mol. The quantitative estimate of drug-likeness (QED) is 0.521. The number of nitrogens with one attached hydrogen (secondary N) is 1. The highest BCUT2D eigenvalue weighted by Gasteiger charge is 2.38. The van der Waals surface area contributed by atoms with Gasteiger partial charge in [0.15, 0.2) is 0 Å². The lowest BCUT2D eigenvalue weighted by Crippen LogP contribution is -2.48. The summed E-state index contributed by atoms with van der Waals surface area (Å²) in [5, 5.41) is 4.95. The molecule has 1 N–H and O–H groups in total. The number of ether oxygens (including phenoxy) is 2. The molecule has 3 aromatic rings. The first-order chi connectivity index (χ1) is 15.9. The number of amides is 2. The molecule has 0 fully saturated rings. The predicted octanol–water partition coefficient (Wildman–Crippen LogP) is 5.34. The maximum atomic E-state index is 13.3. The van der Waals surface area contributed by atoms with Crippen LogP contribution >= 0.6 is 0 Å². The number of hydrogen-bond donors (Lipinski definition) is 1. The van der Waals surface area contributed by atoms with Crippen molar-refractivity contribution in [3.63, 3.8) is 0 Å². The van der Waals surface area contributed by atoms with Crippen LogP contribution < -0.4 is 10.1 Å². The molecule has 1 unspecified atom stereocenters. The van der Waals surface area contributed by atoms with E-state index in [1.54, 1.807) is 18.9 Å². The number of fused-ring (bicyclic) bond motifs is 1. The Balaban J connectivity index is 1.89. The Kier molecular flexibility index (Phi) is 6.36. The predicted molar refractivity (Wildman–Crippen MR) is 128 cm³/mol. The number of urea groups is 1. The standard InChI is InChI=1S/C27H28N2O4/c1-17(2)33-26(30)23-18(3)29(16-19-10-6-5-7-11-19)27(31)28-25(23)24-21-13-9-8-12-20(21)14-15-22(24)32-4/h5-15,17,25H,16H2,1-4H3,(H,28,31). The molecule has 1 heterocycles. The van der Waals surface area contributed by atoms with Crippen molar-refractivity contribution in [2.75, 3.05) is 7.11 Å². The first-order valence-corrected chi connectivity index (χ1v) is 11.0. The van der Waals surface area contributed by atoms with E-state index < -0.39 is 12.0 Å². The van der Waals surface area contributed by atoms with Gasteiger partial charge in [0.2, 0.25) is 0 Å². The van der Waals surface area contributed by atoms with Crippen LogP contribution in [0.4, 0.5) is 4.79 Å². The van der Waals surface area contributed by atoms with Crippen LogP contribution in [0.2, 0.25) is 0 Å². The van der Waals surface area contributed by atoms with Crippen molar-refractivity contribution < 1.29 is 19.1 Å². The van der Waals surface area contributed by atoms with E-state index in [1.807, 2.05) is 80.6 Å². The van der Waals surface area contributed by atoms with Crippen molar-refractivity contribution in [3.8, 4) is 5.75 Å². The molecule has 0 radical (unpaired) electrons. The van der Waals surface area contributed by atoms with Crippen LogP contribution in [0.5, 0.6) is 5.75 Å². The van der Waals surface area contributed by atoms with E-state index in [2.05, 4.69) is 5.32 Å². The van der Waals surface area contributed by atoms with Gasteiger partial charge in [0.25, 0.3) is 0 Å². The van der Waals surface area contributed by atoms with Crippen molar-refractivity contribution in [3.05, 3.63) is 89.1 Å². The highest BCUT2D eigenvalue weighted by atomic mass is 16.5. The van der Waals surface area contributed by atoms with Gasteiger partial charge >= 0.3 is 12.0 Å². The van der Waals surface area contributed by atoms with Gasteiger partial charge in [-0.1, -0.05) is 60.7 Å². The average Bonchev–Trinajstić information content (AvgIpc) is 2.80. The van der Waals surface area contributed by atoms with Crippen LogP contribution in [0.15, 0.2) is 78.0 Å². The third-order valence-corrected chi connectivity index (χ3v) is 5.78. The lowest BCUT2D eigenvalue weighted by Gasteiger charge is -2.36. The number of allylic oxidation sites excluding steroid dienone is 1. The molecule has 0 bridgehead atoms. The Morgan fingerprint density at radius 3 is 2.42 bits per heavy atom. The SMILES string of the molecule is COc1ccc2ccccc2c1C1NC(=O)N(Cc2ccccc2)C(C)=C1C(=O)OC(C)C. The minimum absolute atomic E-state index is 0.280. The van der Waals surface area contributed by atoms with Gasteiger partial charge in [-0.05, 0) is 43.2 Å². The molecule has 0 aromatic heterocycles. The van der Waals surface area contributed by atoms with Gasteiger partial charge < -0.3 is 14.8 Å². The molecule has 0 saturated heterocycles. The Morgan fingerprint density at radius 1 is 1.03 bits per heavy atom. The molecule has 3 aromatic carbocycles. The highest BCUT2D eigenvalue weighted by Crippen LogP contribution is 2.40. The molecule has 1 aliphatic heterocycles. The molecule has 1 aliphatic rings. The number of benzene rings is 3. The molecular weight excluding hydrogens is 416 g/mol.